The van der Waals surface area contributed by atoms with Gasteiger partial charge in [-0.3, -0.25) is 0 Å². The molecule has 4 rings (SSSR count). The number of methoxy groups -OCH3 is 1. The fourth-order valence-electron chi connectivity index (χ4n) is 2.98. The summed E-state index contributed by atoms with van der Waals surface area (Å²) in [6.07, 6.45) is -0.626. The zero-order valence-electron chi connectivity index (χ0n) is 15.2. The molecular weight excluding hydrogens is 382 g/mol. The fraction of sp³-hybridized carbons (Fsp3) is 0.263. The van der Waals surface area contributed by atoms with E-state index >= 15 is 0 Å². The molecule has 9 heteroatoms. The van der Waals surface area contributed by atoms with Crippen molar-refractivity contribution >= 4 is 10.0 Å². The Labute approximate surface area is 162 Å². The fourth-order valence-corrected chi connectivity index (χ4v) is 4.43. The molecule has 1 atom stereocenters. The molecule has 0 N–H and O–H groups in total. The van der Waals surface area contributed by atoms with Gasteiger partial charge in [0, 0.05) is 18.7 Å². The minimum atomic E-state index is -3.61. The van der Waals surface area contributed by atoms with Crippen molar-refractivity contribution < 1.29 is 22.4 Å². The number of benzene rings is 2. The molecule has 0 aliphatic carbocycles. The third kappa shape index (κ3) is 3.64. The predicted molar refractivity (Wildman–Crippen MR) is 100 cm³/mol. The maximum absolute atomic E-state index is 12.9. The summed E-state index contributed by atoms with van der Waals surface area (Å²) in [6, 6.07) is 15.6. The monoisotopic (exact) mass is 401 g/mol. The lowest BCUT2D eigenvalue weighted by atomic mass is 10.2. The van der Waals surface area contributed by atoms with E-state index in [1.165, 1.54) is 4.31 Å². The first kappa shape index (κ1) is 18.6. The molecule has 1 aliphatic rings. The first-order valence-corrected chi connectivity index (χ1v) is 10.2. The van der Waals surface area contributed by atoms with Crippen LogP contribution in [0.3, 0.4) is 0 Å². The number of aromatic nitrogens is 2. The van der Waals surface area contributed by atoms with Crippen LogP contribution in [-0.4, -0.2) is 49.7 Å². The normalized spacial score (nSPS) is 18.1. The molecule has 3 aromatic rings. The summed E-state index contributed by atoms with van der Waals surface area (Å²) in [4.78, 5) is 4.64. The van der Waals surface area contributed by atoms with Gasteiger partial charge in [0.05, 0.1) is 18.6 Å². The van der Waals surface area contributed by atoms with E-state index in [-0.39, 0.29) is 30.5 Å². The first-order valence-electron chi connectivity index (χ1n) is 8.73. The van der Waals surface area contributed by atoms with Gasteiger partial charge in [-0.05, 0) is 24.3 Å². The number of hydrogen-bond acceptors (Lipinski definition) is 7. The van der Waals surface area contributed by atoms with Crippen LogP contribution in [0.5, 0.6) is 5.75 Å². The molecule has 0 bridgehead atoms. The van der Waals surface area contributed by atoms with Crippen molar-refractivity contribution in [2.75, 3.05) is 26.8 Å². The number of morpholine rings is 1. The van der Waals surface area contributed by atoms with Crippen molar-refractivity contribution in [1.82, 2.24) is 14.4 Å². The van der Waals surface area contributed by atoms with Gasteiger partial charge in [0.1, 0.15) is 5.75 Å². The lowest BCUT2D eigenvalue weighted by molar-refractivity contribution is -0.0199. The molecule has 8 nitrogen and oxygen atoms in total. The SMILES string of the molecule is COc1cccc(-c2noc(C3CN(S(=O)(=O)c4ccccc4)CCO3)n2)c1. The van der Waals surface area contributed by atoms with E-state index in [4.69, 9.17) is 14.0 Å². The summed E-state index contributed by atoms with van der Waals surface area (Å²) in [5.41, 5.74) is 0.735. The molecule has 0 radical (unpaired) electrons. The average Bonchev–Trinajstić information content (AvgIpc) is 3.25. The Hall–Kier alpha value is -2.75. The molecule has 1 aromatic heterocycles. The average molecular weight is 401 g/mol. The van der Waals surface area contributed by atoms with Crippen LogP contribution in [0.4, 0.5) is 0 Å². The van der Waals surface area contributed by atoms with E-state index in [9.17, 15) is 8.42 Å². The quantitative estimate of drug-likeness (QED) is 0.648. The van der Waals surface area contributed by atoms with Crippen LogP contribution >= 0.6 is 0 Å². The largest absolute Gasteiger partial charge is 0.497 e. The zero-order chi connectivity index (χ0) is 19.6. The maximum atomic E-state index is 12.9. The molecule has 1 fully saturated rings. The van der Waals surface area contributed by atoms with Crippen LogP contribution in [0.1, 0.15) is 12.0 Å². The second-order valence-corrected chi connectivity index (χ2v) is 8.16. The van der Waals surface area contributed by atoms with E-state index in [1.54, 1.807) is 43.5 Å². The molecule has 146 valence electrons. The summed E-state index contributed by atoms with van der Waals surface area (Å²) < 4.78 is 43.3. The number of hydrogen-bond donors (Lipinski definition) is 0. The van der Waals surface area contributed by atoms with Gasteiger partial charge in [-0.15, -0.1) is 0 Å². The summed E-state index contributed by atoms with van der Waals surface area (Å²) in [5.74, 6) is 1.31. The molecule has 1 aliphatic heterocycles. The van der Waals surface area contributed by atoms with E-state index in [0.717, 1.165) is 5.56 Å². The highest BCUT2D eigenvalue weighted by molar-refractivity contribution is 7.89. The summed E-state index contributed by atoms with van der Waals surface area (Å²) in [7, 11) is -2.03. The van der Waals surface area contributed by atoms with Crippen LogP contribution in [-0.2, 0) is 14.8 Å². The Balaban J connectivity index is 1.55. The second-order valence-electron chi connectivity index (χ2n) is 6.22. The third-order valence-corrected chi connectivity index (χ3v) is 6.33. The third-order valence-electron chi connectivity index (χ3n) is 4.46. The Morgan fingerprint density at radius 2 is 1.96 bits per heavy atom. The first-order chi connectivity index (χ1) is 13.6. The second kappa shape index (κ2) is 7.70. The van der Waals surface area contributed by atoms with Gasteiger partial charge in [0.25, 0.3) is 5.89 Å². The zero-order valence-corrected chi connectivity index (χ0v) is 16.0. The highest BCUT2D eigenvalue weighted by Crippen LogP contribution is 2.28. The lowest BCUT2D eigenvalue weighted by Crippen LogP contribution is -2.42. The molecule has 0 saturated carbocycles. The maximum Gasteiger partial charge on any atom is 0.257 e. The highest BCUT2D eigenvalue weighted by Gasteiger charge is 2.34. The van der Waals surface area contributed by atoms with Gasteiger partial charge in [-0.2, -0.15) is 9.29 Å². The van der Waals surface area contributed by atoms with Crippen LogP contribution in [0.15, 0.2) is 64.0 Å². The molecule has 28 heavy (non-hydrogen) atoms. The van der Waals surface area contributed by atoms with Crippen molar-refractivity contribution in [3.63, 3.8) is 0 Å². The molecule has 0 amide bonds. The number of nitrogens with zero attached hydrogens (tertiary/aromatic N) is 3. The number of ether oxygens (including phenoxy) is 2. The smallest absolute Gasteiger partial charge is 0.257 e. The Morgan fingerprint density at radius 1 is 1.14 bits per heavy atom. The van der Waals surface area contributed by atoms with Crippen molar-refractivity contribution in [3.8, 4) is 17.1 Å². The molecule has 0 spiro atoms. The van der Waals surface area contributed by atoms with Gasteiger partial charge in [-0.1, -0.05) is 35.5 Å². The Morgan fingerprint density at radius 3 is 2.75 bits per heavy atom. The molecular formula is C19H19N3O5S. The van der Waals surface area contributed by atoms with Crippen molar-refractivity contribution in [2.45, 2.75) is 11.0 Å². The number of rotatable bonds is 5. The molecule has 2 aromatic carbocycles. The predicted octanol–water partition coefficient (Wildman–Crippen LogP) is 2.51. The van der Waals surface area contributed by atoms with Crippen molar-refractivity contribution in [3.05, 3.63) is 60.5 Å². The van der Waals surface area contributed by atoms with E-state index in [2.05, 4.69) is 10.1 Å². The van der Waals surface area contributed by atoms with Gasteiger partial charge in [0.2, 0.25) is 15.8 Å². The van der Waals surface area contributed by atoms with Crippen molar-refractivity contribution in [2.24, 2.45) is 0 Å². The van der Waals surface area contributed by atoms with Gasteiger partial charge in [0.15, 0.2) is 6.10 Å². The summed E-state index contributed by atoms with van der Waals surface area (Å²) in [5, 5.41) is 3.99. The van der Waals surface area contributed by atoms with E-state index < -0.39 is 16.1 Å². The Kier molecular flexibility index (Phi) is 5.12. The summed E-state index contributed by atoms with van der Waals surface area (Å²) >= 11 is 0. The van der Waals surface area contributed by atoms with Crippen LogP contribution in [0, 0.1) is 0 Å². The standard InChI is InChI=1S/C19H19N3O5S/c1-25-15-7-5-6-14(12-15)18-20-19(27-21-18)17-13-22(10-11-26-17)28(23,24)16-8-3-2-4-9-16/h2-9,12,17H,10-11,13H2,1H3. The summed E-state index contributed by atoms with van der Waals surface area (Å²) in [6.45, 7) is 0.620. The topological polar surface area (TPSA) is 94.8 Å². The molecule has 1 unspecified atom stereocenters. The van der Waals surface area contributed by atoms with Crippen molar-refractivity contribution in [1.29, 1.82) is 0 Å². The Bertz CT molecular complexity index is 1050. The molecule has 1 saturated heterocycles. The van der Waals surface area contributed by atoms with E-state index in [0.29, 0.717) is 11.6 Å². The highest BCUT2D eigenvalue weighted by atomic mass is 32.2. The molecule has 2 heterocycles. The minimum absolute atomic E-state index is 0.108. The van der Waals surface area contributed by atoms with E-state index in [1.807, 2.05) is 18.2 Å². The lowest BCUT2D eigenvalue weighted by Gasteiger charge is -2.30. The van der Waals surface area contributed by atoms with Crippen LogP contribution in [0.2, 0.25) is 0 Å². The van der Waals surface area contributed by atoms with Crippen LogP contribution < -0.4 is 4.74 Å². The minimum Gasteiger partial charge on any atom is -0.497 e. The van der Waals surface area contributed by atoms with Crippen LogP contribution in [0.25, 0.3) is 11.4 Å². The van der Waals surface area contributed by atoms with Gasteiger partial charge >= 0.3 is 0 Å². The number of sulfonamides is 1. The van der Waals surface area contributed by atoms with Gasteiger partial charge in [-0.25, -0.2) is 8.42 Å². The van der Waals surface area contributed by atoms with Gasteiger partial charge < -0.3 is 14.0 Å².